The summed E-state index contributed by atoms with van der Waals surface area (Å²) in [6.45, 7) is 2.54. The van der Waals surface area contributed by atoms with Crippen LogP contribution in [0.1, 0.15) is 30.9 Å². The second kappa shape index (κ2) is 10.2. The number of thioether (sulfide) groups is 1. The van der Waals surface area contributed by atoms with Gasteiger partial charge in [-0.2, -0.15) is 0 Å². The summed E-state index contributed by atoms with van der Waals surface area (Å²) in [5.41, 5.74) is 2.98. The molecule has 1 N–H and O–H groups in total. The van der Waals surface area contributed by atoms with Gasteiger partial charge in [0.15, 0.2) is 0 Å². The van der Waals surface area contributed by atoms with Gasteiger partial charge < -0.3 is 5.32 Å². The lowest BCUT2D eigenvalue weighted by Gasteiger charge is -2.14. The highest BCUT2D eigenvalue weighted by molar-refractivity contribution is 9.10. The van der Waals surface area contributed by atoms with E-state index in [-0.39, 0.29) is 11.8 Å². The number of para-hydroxylation sites is 1. The van der Waals surface area contributed by atoms with Gasteiger partial charge in [-0.25, -0.2) is 0 Å². The maximum absolute atomic E-state index is 12.7. The number of halogens is 1. The highest BCUT2D eigenvalue weighted by Gasteiger charge is 2.31. The van der Waals surface area contributed by atoms with Gasteiger partial charge in [-0.15, -0.1) is 0 Å². The zero-order chi connectivity index (χ0) is 20.8. The van der Waals surface area contributed by atoms with Crippen molar-refractivity contribution in [3.8, 4) is 0 Å². The van der Waals surface area contributed by atoms with Gasteiger partial charge in [0.25, 0.3) is 5.91 Å². The van der Waals surface area contributed by atoms with Crippen molar-refractivity contribution in [1.82, 2.24) is 4.90 Å². The van der Waals surface area contributed by atoms with Crippen molar-refractivity contribution in [2.45, 2.75) is 26.2 Å². The van der Waals surface area contributed by atoms with E-state index in [0.717, 1.165) is 22.1 Å². The number of thiocarbonyl (C=S) groups is 1. The van der Waals surface area contributed by atoms with E-state index in [2.05, 4.69) is 40.3 Å². The van der Waals surface area contributed by atoms with Crippen molar-refractivity contribution in [3.05, 3.63) is 69.0 Å². The van der Waals surface area contributed by atoms with Gasteiger partial charge in [-0.3, -0.25) is 14.5 Å². The van der Waals surface area contributed by atoms with Crippen molar-refractivity contribution in [2.75, 3.05) is 11.9 Å². The van der Waals surface area contributed by atoms with E-state index in [0.29, 0.717) is 28.6 Å². The van der Waals surface area contributed by atoms with Gasteiger partial charge in [0.2, 0.25) is 5.91 Å². The zero-order valence-corrected chi connectivity index (χ0v) is 19.2. The quantitative estimate of drug-likeness (QED) is 0.405. The molecular formula is C22H21BrN2O2S2. The van der Waals surface area contributed by atoms with Crippen molar-refractivity contribution in [2.24, 2.45) is 0 Å². The van der Waals surface area contributed by atoms with Gasteiger partial charge in [0.05, 0.1) is 10.6 Å². The molecule has 2 amide bonds. The van der Waals surface area contributed by atoms with E-state index in [4.69, 9.17) is 12.2 Å². The van der Waals surface area contributed by atoms with Crippen LogP contribution in [0.2, 0.25) is 0 Å². The number of aryl methyl sites for hydroxylation is 1. The molecule has 0 aliphatic carbocycles. The summed E-state index contributed by atoms with van der Waals surface area (Å²) in [5.74, 6) is -0.181. The number of carbonyl (C=O) groups excluding carboxylic acids is 2. The lowest BCUT2D eigenvalue weighted by Crippen LogP contribution is -2.29. The average molecular weight is 489 g/mol. The van der Waals surface area contributed by atoms with Crippen LogP contribution < -0.4 is 5.32 Å². The summed E-state index contributed by atoms with van der Waals surface area (Å²) in [4.78, 5) is 27.1. The summed E-state index contributed by atoms with van der Waals surface area (Å²) in [7, 11) is 0. The Bertz CT molecular complexity index is 958. The third kappa shape index (κ3) is 5.78. The summed E-state index contributed by atoms with van der Waals surface area (Å²) in [6, 6.07) is 15.6. The minimum atomic E-state index is -0.0919. The molecule has 1 aliphatic heterocycles. The van der Waals surface area contributed by atoms with Crippen LogP contribution in [0.5, 0.6) is 0 Å². The monoisotopic (exact) mass is 488 g/mol. The number of nitrogens with one attached hydrogen (secondary N) is 1. The highest BCUT2D eigenvalue weighted by Crippen LogP contribution is 2.32. The number of carbonyl (C=O) groups is 2. The van der Waals surface area contributed by atoms with Crippen LogP contribution in [-0.4, -0.2) is 27.6 Å². The fraction of sp³-hybridized carbons (Fsp3) is 0.227. The third-order valence-corrected chi connectivity index (χ3v) is 6.56. The molecule has 0 unspecified atom stereocenters. The highest BCUT2D eigenvalue weighted by atomic mass is 79.9. The summed E-state index contributed by atoms with van der Waals surface area (Å²) in [5, 5.41) is 2.87. The Morgan fingerprint density at radius 3 is 2.62 bits per heavy atom. The van der Waals surface area contributed by atoms with Crippen molar-refractivity contribution in [3.63, 3.8) is 0 Å². The van der Waals surface area contributed by atoms with Crippen LogP contribution in [-0.2, 0) is 16.0 Å². The number of anilines is 1. The largest absolute Gasteiger partial charge is 0.325 e. The number of amides is 2. The molecule has 0 radical (unpaired) electrons. The number of hydrogen-bond donors (Lipinski definition) is 1. The summed E-state index contributed by atoms with van der Waals surface area (Å²) in [6.07, 6.45) is 3.71. The Kier molecular flexibility index (Phi) is 7.64. The molecule has 150 valence electrons. The fourth-order valence-corrected chi connectivity index (χ4v) is 4.56. The SMILES string of the molecule is CCc1ccc(/C=C2/SC(=S)N(CCCC(=O)Nc3ccccc3Br)C2=O)cc1. The predicted octanol–water partition coefficient (Wildman–Crippen LogP) is 5.63. The van der Waals surface area contributed by atoms with Crippen molar-refractivity contribution in [1.29, 1.82) is 0 Å². The summed E-state index contributed by atoms with van der Waals surface area (Å²) >= 11 is 10.1. The van der Waals surface area contributed by atoms with Gasteiger partial charge in [0.1, 0.15) is 4.32 Å². The topological polar surface area (TPSA) is 49.4 Å². The smallest absolute Gasteiger partial charge is 0.266 e. The molecule has 29 heavy (non-hydrogen) atoms. The van der Waals surface area contributed by atoms with Crippen LogP contribution in [0.4, 0.5) is 5.69 Å². The second-order valence-corrected chi connectivity index (χ2v) is 9.09. The first-order valence-electron chi connectivity index (χ1n) is 9.36. The molecule has 0 atom stereocenters. The molecule has 1 fully saturated rings. The number of benzene rings is 2. The Morgan fingerprint density at radius 2 is 1.93 bits per heavy atom. The maximum Gasteiger partial charge on any atom is 0.266 e. The van der Waals surface area contributed by atoms with E-state index in [1.807, 2.05) is 42.5 Å². The number of hydrogen-bond acceptors (Lipinski definition) is 4. The minimum Gasteiger partial charge on any atom is -0.325 e. The Labute approximate surface area is 188 Å². The van der Waals surface area contributed by atoms with Crippen LogP contribution >= 0.6 is 39.9 Å². The average Bonchev–Trinajstić information content (AvgIpc) is 2.97. The second-order valence-electron chi connectivity index (χ2n) is 6.56. The standard InChI is InChI=1S/C22H21BrN2O2S2/c1-2-15-9-11-16(12-10-15)14-19-21(27)25(22(28)29-19)13-5-8-20(26)24-18-7-4-3-6-17(18)23/h3-4,6-7,9-12,14H,2,5,8,13H2,1H3,(H,24,26)/b19-14+. The van der Waals surface area contributed by atoms with Gasteiger partial charge in [0, 0.05) is 17.4 Å². The fourth-order valence-electron chi connectivity index (χ4n) is 2.87. The first-order valence-corrected chi connectivity index (χ1v) is 11.4. The predicted molar refractivity (Wildman–Crippen MR) is 128 cm³/mol. The van der Waals surface area contributed by atoms with E-state index in [1.165, 1.54) is 17.3 Å². The van der Waals surface area contributed by atoms with Crippen molar-refractivity contribution >= 4 is 67.8 Å². The molecular weight excluding hydrogens is 468 g/mol. The first kappa shape index (κ1) is 21.7. The van der Waals surface area contributed by atoms with E-state index >= 15 is 0 Å². The Morgan fingerprint density at radius 1 is 1.21 bits per heavy atom. The molecule has 0 aromatic heterocycles. The van der Waals surface area contributed by atoms with Gasteiger partial charge in [-0.1, -0.05) is 67.3 Å². The van der Waals surface area contributed by atoms with E-state index in [9.17, 15) is 9.59 Å². The molecule has 7 heteroatoms. The molecule has 0 saturated carbocycles. The van der Waals surface area contributed by atoms with Crippen LogP contribution in [0.25, 0.3) is 6.08 Å². The lowest BCUT2D eigenvalue weighted by atomic mass is 10.1. The normalized spacial score (nSPS) is 15.2. The number of nitrogens with zero attached hydrogens (tertiary/aromatic N) is 1. The van der Waals surface area contributed by atoms with Gasteiger partial charge in [-0.05, 0) is 58.1 Å². The van der Waals surface area contributed by atoms with Gasteiger partial charge >= 0.3 is 0 Å². The number of rotatable bonds is 7. The zero-order valence-electron chi connectivity index (χ0n) is 16.0. The Balaban J connectivity index is 1.54. The molecule has 0 spiro atoms. The first-order chi connectivity index (χ1) is 14.0. The Hall–Kier alpha value is -1.96. The maximum atomic E-state index is 12.7. The minimum absolute atomic E-state index is 0.0890. The molecule has 4 nitrogen and oxygen atoms in total. The van der Waals surface area contributed by atoms with Crippen LogP contribution in [0.15, 0.2) is 57.9 Å². The third-order valence-electron chi connectivity index (χ3n) is 4.49. The van der Waals surface area contributed by atoms with Crippen molar-refractivity contribution < 1.29 is 9.59 Å². The molecule has 2 aromatic carbocycles. The molecule has 2 aromatic rings. The van der Waals surface area contributed by atoms with Crippen LogP contribution in [0, 0.1) is 0 Å². The molecule has 1 aliphatic rings. The van der Waals surface area contributed by atoms with E-state index in [1.54, 1.807) is 4.90 Å². The lowest BCUT2D eigenvalue weighted by molar-refractivity contribution is -0.122. The van der Waals surface area contributed by atoms with Crippen LogP contribution in [0.3, 0.4) is 0 Å². The van der Waals surface area contributed by atoms with E-state index < -0.39 is 0 Å². The molecule has 0 bridgehead atoms. The molecule has 1 saturated heterocycles. The summed E-state index contributed by atoms with van der Waals surface area (Å²) < 4.78 is 1.38. The molecule has 3 rings (SSSR count). The molecule has 1 heterocycles.